The zero-order valence-electron chi connectivity index (χ0n) is 17.3. The monoisotopic (exact) mass is 380 g/mol. The third-order valence-corrected chi connectivity index (χ3v) is 0.667. The average molecular weight is 381 g/mol. The van der Waals surface area contributed by atoms with Crippen LogP contribution in [0.25, 0.3) is 0 Å². The lowest BCUT2D eigenvalue weighted by Gasteiger charge is -1.72. The van der Waals surface area contributed by atoms with Crippen molar-refractivity contribution in [3.63, 3.8) is 0 Å². The van der Waals surface area contributed by atoms with E-state index in [4.69, 9.17) is 45.9 Å². The van der Waals surface area contributed by atoms with Crippen LogP contribution in [0.2, 0.25) is 0 Å². The second kappa shape index (κ2) is 288. The lowest BCUT2D eigenvalue weighted by atomic mass is 10.7. The van der Waals surface area contributed by atoms with E-state index in [1.54, 1.807) is 0 Å². The molecule has 0 fully saturated rings. The molecule has 0 bridgehead atoms. The fourth-order valence-corrected chi connectivity index (χ4v) is 0. The molecule has 0 aliphatic heterocycles. The van der Waals surface area contributed by atoms with Crippen LogP contribution in [-0.4, -0.2) is 52.4 Å². The van der Waals surface area contributed by atoms with Crippen molar-refractivity contribution in [2.75, 3.05) is 52.4 Å². The van der Waals surface area contributed by atoms with Gasteiger partial charge in [-0.15, -0.1) is 65.8 Å². The number of nitrogens with two attached hydrogens (primary N) is 8. The molecule has 0 atom stereocenters. The summed E-state index contributed by atoms with van der Waals surface area (Å²) in [5.41, 5.74) is 39.2. The summed E-state index contributed by atoms with van der Waals surface area (Å²) < 4.78 is 0. The van der Waals surface area contributed by atoms with Crippen molar-refractivity contribution in [2.45, 2.75) is 0 Å². The Kier molecular flexibility index (Phi) is 623. The van der Waals surface area contributed by atoms with Crippen molar-refractivity contribution >= 4 is 0 Å². The van der Waals surface area contributed by atoms with Crippen molar-refractivity contribution in [3.05, 3.63) is 65.8 Å². The molecule has 0 unspecified atom stereocenters. The molecular weight excluding hydrogens is 328 g/mol. The summed E-state index contributed by atoms with van der Waals surface area (Å²) in [6.07, 6.45) is 0. The third-order valence-electron chi connectivity index (χ3n) is 0.667. The molecule has 0 heterocycles. The van der Waals surface area contributed by atoms with Crippen LogP contribution in [-0.2, 0) is 0 Å². The molecule has 0 saturated heterocycles. The molecule has 0 aromatic carbocycles. The van der Waals surface area contributed by atoms with Gasteiger partial charge in [0.25, 0.3) is 0 Å². The minimum atomic E-state index is 0.597. The van der Waals surface area contributed by atoms with E-state index in [2.05, 4.69) is 65.8 Å². The molecule has 0 aliphatic rings. The standard InChI is InChI=1S/4C2H8N2.5C2H4/c4*3-1-2-4;5*1-2/h4*1-4H2;5*1-2H2. The fourth-order valence-electron chi connectivity index (χ4n) is 0. The Bertz CT molecular complexity index is 83.8. The molecule has 8 heteroatoms. The molecule has 0 rings (SSSR count). The van der Waals surface area contributed by atoms with Crippen molar-refractivity contribution in [3.8, 4) is 0 Å². The Morgan fingerprint density at radius 2 is 0.269 bits per heavy atom. The van der Waals surface area contributed by atoms with Crippen molar-refractivity contribution < 1.29 is 0 Å². The van der Waals surface area contributed by atoms with Gasteiger partial charge in [-0.25, -0.2) is 0 Å². The number of hydrogen-bond donors (Lipinski definition) is 8. The van der Waals surface area contributed by atoms with E-state index in [0.29, 0.717) is 52.4 Å². The first-order chi connectivity index (χ1) is 12.7. The lowest BCUT2D eigenvalue weighted by molar-refractivity contribution is 0.976. The smallest absolute Gasteiger partial charge is 0.00461 e. The Labute approximate surface area is 164 Å². The van der Waals surface area contributed by atoms with Gasteiger partial charge in [0.05, 0.1) is 0 Å². The quantitative estimate of drug-likeness (QED) is 0.301. The van der Waals surface area contributed by atoms with E-state index in [0.717, 1.165) is 0 Å². The van der Waals surface area contributed by atoms with Gasteiger partial charge in [0.15, 0.2) is 0 Å². The zero-order chi connectivity index (χ0) is 23.7. The highest BCUT2D eigenvalue weighted by Gasteiger charge is 1.55. The van der Waals surface area contributed by atoms with E-state index in [9.17, 15) is 0 Å². The first-order valence-corrected chi connectivity index (χ1v) is 7.77. The van der Waals surface area contributed by atoms with Crippen molar-refractivity contribution in [2.24, 2.45) is 45.9 Å². The first kappa shape index (κ1) is 56.3. The maximum atomic E-state index is 4.90. The molecular formula is C18H52N8. The van der Waals surface area contributed by atoms with Crippen molar-refractivity contribution in [1.82, 2.24) is 0 Å². The number of hydrogen-bond acceptors (Lipinski definition) is 8. The van der Waals surface area contributed by atoms with Crippen LogP contribution in [0.15, 0.2) is 65.8 Å². The molecule has 0 radical (unpaired) electrons. The normalized spacial score (nSPS) is 5.38. The minimum absolute atomic E-state index is 0.597. The average Bonchev–Trinajstić information content (AvgIpc) is 2.80. The summed E-state index contributed by atoms with van der Waals surface area (Å²) in [6.45, 7) is 34.8. The van der Waals surface area contributed by atoms with Gasteiger partial charge in [0, 0.05) is 52.4 Å². The molecule has 0 amide bonds. The molecule has 164 valence electrons. The summed E-state index contributed by atoms with van der Waals surface area (Å²) >= 11 is 0. The number of rotatable bonds is 4. The maximum Gasteiger partial charge on any atom is 0.00461 e. The SMILES string of the molecule is C=C.C=C.C=C.C=C.C=C.NCCN.NCCN.NCCN.NCCN. The highest BCUT2D eigenvalue weighted by Crippen LogP contribution is 1.25. The van der Waals surface area contributed by atoms with Gasteiger partial charge in [0.2, 0.25) is 0 Å². The Hall–Kier alpha value is -1.62. The molecule has 26 heavy (non-hydrogen) atoms. The van der Waals surface area contributed by atoms with E-state index in [1.807, 2.05) is 0 Å². The summed E-state index contributed by atoms with van der Waals surface area (Å²) in [5, 5.41) is 0. The fraction of sp³-hybridized carbons (Fsp3) is 0.444. The van der Waals surface area contributed by atoms with Crippen LogP contribution in [0.5, 0.6) is 0 Å². The summed E-state index contributed by atoms with van der Waals surface area (Å²) in [4.78, 5) is 0. The van der Waals surface area contributed by atoms with Crippen LogP contribution in [0.1, 0.15) is 0 Å². The molecule has 0 aromatic heterocycles. The highest BCUT2D eigenvalue weighted by atomic mass is 14.6. The van der Waals surface area contributed by atoms with Gasteiger partial charge in [0.1, 0.15) is 0 Å². The van der Waals surface area contributed by atoms with Gasteiger partial charge >= 0.3 is 0 Å². The Morgan fingerprint density at radius 3 is 0.269 bits per heavy atom. The van der Waals surface area contributed by atoms with Gasteiger partial charge in [-0.2, -0.15) is 0 Å². The van der Waals surface area contributed by atoms with Gasteiger partial charge in [-0.3, -0.25) is 0 Å². The summed E-state index contributed by atoms with van der Waals surface area (Å²) in [5.74, 6) is 0. The molecule has 0 saturated carbocycles. The minimum Gasteiger partial charge on any atom is -0.329 e. The predicted molar refractivity (Wildman–Crippen MR) is 129 cm³/mol. The lowest BCUT2D eigenvalue weighted by Crippen LogP contribution is -2.11. The van der Waals surface area contributed by atoms with E-state index in [-0.39, 0.29) is 0 Å². The molecule has 0 aliphatic carbocycles. The molecule has 8 nitrogen and oxygen atoms in total. The Morgan fingerprint density at radius 1 is 0.231 bits per heavy atom. The zero-order valence-corrected chi connectivity index (χ0v) is 17.3. The van der Waals surface area contributed by atoms with E-state index in [1.165, 1.54) is 0 Å². The largest absolute Gasteiger partial charge is 0.329 e. The van der Waals surface area contributed by atoms with Crippen LogP contribution < -0.4 is 45.9 Å². The van der Waals surface area contributed by atoms with Crippen LogP contribution in [0.3, 0.4) is 0 Å². The van der Waals surface area contributed by atoms with Gasteiger partial charge < -0.3 is 45.9 Å². The van der Waals surface area contributed by atoms with E-state index < -0.39 is 0 Å². The second-order valence-corrected chi connectivity index (χ2v) is 2.31. The van der Waals surface area contributed by atoms with E-state index >= 15 is 0 Å². The van der Waals surface area contributed by atoms with Gasteiger partial charge in [-0.1, -0.05) is 0 Å². The second-order valence-electron chi connectivity index (χ2n) is 2.31. The highest BCUT2D eigenvalue weighted by molar-refractivity contribution is 4.27. The molecule has 16 N–H and O–H groups in total. The van der Waals surface area contributed by atoms with Gasteiger partial charge in [-0.05, 0) is 0 Å². The Balaban J connectivity index is -0.0000000183. The predicted octanol–water partition coefficient (Wildman–Crippen LogP) is -0.374. The topological polar surface area (TPSA) is 208 Å². The molecule has 0 spiro atoms. The molecule has 0 aromatic rings. The maximum absolute atomic E-state index is 4.90. The third kappa shape index (κ3) is 1810. The first-order valence-electron chi connectivity index (χ1n) is 7.77. The van der Waals surface area contributed by atoms with Crippen LogP contribution in [0, 0.1) is 0 Å². The summed E-state index contributed by atoms with van der Waals surface area (Å²) in [6, 6.07) is 0. The van der Waals surface area contributed by atoms with Crippen LogP contribution >= 0.6 is 0 Å². The summed E-state index contributed by atoms with van der Waals surface area (Å²) in [7, 11) is 0. The van der Waals surface area contributed by atoms with Crippen molar-refractivity contribution in [1.29, 1.82) is 0 Å². The van der Waals surface area contributed by atoms with Crippen LogP contribution in [0.4, 0.5) is 0 Å².